The molecule has 1 aromatic carbocycles. The summed E-state index contributed by atoms with van der Waals surface area (Å²) in [5.74, 6) is 1.99. The molecule has 0 N–H and O–H groups in total. The molecule has 2 atom stereocenters. The first-order valence-corrected chi connectivity index (χ1v) is 26.1. The van der Waals surface area contributed by atoms with Crippen molar-refractivity contribution < 1.29 is 18.8 Å². The van der Waals surface area contributed by atoms with E-state index in [1.165, 1.54) is 173 Å². The quantitative estimate of drug-likeness (QED) is 0.284. The summed E-state index contributed by atoms with van der Waals surface area (Å²) in [5.41, 5.74) is 1.89. The van der Waals surface area contributed by atoms with Gasteiger partial charge in [-0.1, -0.05) is 153 Å². The van der Waals surface area contributed by atoms with E-state index in [4.69, 9.17) is 14.0 Å². The molecule has 5 aliphatic rings. The molecule has 0 aromatic heterocycles. The zero-order chi connectivity index (χ0) is 42.4. The highest BCUT2D eigenvalue weighted by Gasteiger charge is 2.54. The summed E-state index contributed by atoms with van der Waals surface area (Å²) >= 11 is 0. The van der Waals surface area contributed by atoms with Crippen LogP contribution in [0.4, 0.5) is 5.69 Å². The van der Waals surface area contributed by atoms with Gasteiger partial charge < -0.3 is 18.9 Å². The summed E-state index contributed by atoms with van der Waals surface area (Å²) < 4.78 is 19.1. The fraction of sp³-hybridized carbons (Fsp3) is 0.868. The Morgan fingerprint density at radius 1 is 0.550 bits per heavy atom. The van der Waals surface area contributed by atoms with Gasteiger partial charge in [0.1, 0.15) is 0 Å². The van der Waals surface area contributed by atoms with Crippen LogP contribution in [-0.4, -0.2) is 67.5 Å². The molecule has 0 spiro atoms. The Balaban J connectivity index is 1.01. The number of benzene rings is 1. The molecule has 6 rings (SSSR count). The molecule has 1 amide bonds. The number of anilines is 1. The highest BCUT2D eigenvalue weighted by Crippen LogP contribution is 2.47. The Bertz CT molecular complexity index is 1410. The van der Waals surface area contributed by atoms with Gasteiger partial charge in [-0.25, -0.2) is 0 Å². The second-order valence-electron chi connectivity index (χ2n) is 22.0. The zero-order valence-corrected chi connectivity index (χ0v) is 40.0. The van der Waals surface area contributed by atoms with E-state index in [0.29, 0.717) is 6.04 Å². The van der Waals surface area contributed by atoms with E-state index in [2.05, 4.69) is 69.5 Å². The Labute approximate surface area is 369 Å². The number of hydrogen-bond acceptors (Lipinski definition) is 5. The predicted octanol–water partition coefficient (Wildman–Crippen LogP) is 13.3. The Morgan fingerprint density at radius 2 is 1.03 bits per heavy atom. The van der Waals surface area contributed by atoms with Crippen molar-refractivity contribution in [2.75, 3.05) is 31.2 Å². The molecule has 1 aromatic rings. The molecular weight excluding hydrogens is 739 g/mol. The first-order chi connectivity index (χ1) is 29.0. The molecule has 340 valence electrons. The van der Waals surface area contributed by atoms with Crippen LogP contribution in [-0.2, 0) is 24.3 Å². The molecule has 4 fully saturated rings. The number of nitrogens with zero attached hydrogens (tertiary/aromatic N) is 2. The third-order valence-corrected chi connectivity index (χ3v) is 16.2. The summed E-state index contributed by atoms with van der Waals surface area (Å²) in [6, 6.07) is 7.29. The molecule has 2 saturated carbocycles. The fourth-order valence-corrected chi connectivity index (χ4v) is 11.3. The highest BCUT2D eigenvalue weighted by atomic mass is 16.7. The van der Waals surface area contributed by atoms with Crippen molar-refractivity contribution in [1.82, 2.24) is 4.90 Å². The van der Waals surface area contributed by atoms with Crippen molar-refractivity contribution in [3.8, 4) is 0 Å². The lowest BCUT2D eigenvalue weighted by atomic mass is 9.76. The van der Waals surface area contributed by atoms with Crippen molar-refractivity contribution in [3.63, 3.8) is 0 Å². The molecule has 3 aliphatic heterocycles. The van der Waals surface area contributed by atoms with Crippen molar-refractivity contribution in [2.45, 2.75) is 256 Å². The van der Waals surface area contributed by atoms with Crippen molar-refractivity contribution in [3.05, 3.63) is 23.8 Å². The number of carbonyl (C=O) groups is 1. The fourth-order valence-electron chi connectivity index (χ4n) is 11.3. The largest absolute Gasteiger partial charge is 0.494 e. The molecule has 6 nitrogen and oxygen atoms in total. The van der Waals surface area contributed by atoms with Crippen LogP contribution >= 0.6 is 0 Å². The first kappa shape index (κ1) is 48.1. The average Bonchev–Trinajstić information content (AvgIpc) is 3.79. The van der Waals surface area contributed by atoms with Gasteiger partial charge in [0.25, 0.3) is 0 Å². The Hall–Kier alpha value is -1.41. The third kappa shape index (κ3) is 13.3. The first-order valence-electron chi connectivity index (χ1n) is 26.1. The van der Waals surface area contributed by atoms with Crippen molar-refractivity contribution in [1.29, 1.82) is 0 Å². The number of rotatable bonds is 3. The van der Waals surface area contributed by atoms with Crippen LogP contribution in [0.3, 0.4) is 0 Å². The molecule has 7 heteroatoms. The number of amides is 1. The van der Waals surface area contributed by atoms with Gasteiger partial charge in [-0.3, -0.25) is 9.69 Å². The van der Waals surface area contributed by atoms with Gasteiger partial charge in [0, 0.05) is 37.5 Å². The predicted molar refractivity (Wildman–Crippen MR) is 254 cm³/mol. The van der Waals surface area contributed by atoms with Crippen molar-refractivity contribution >= 4 is 24.2 Å². The van der Waals surface area contributed by atoms with Crippen LogP contribution in [0.1, 0.15) is 233 Å². The molecular formula is C53H91BN2O4. The van der Waals surface area contributed by atoms with E-state index in [0.717, 1.165) is 67.6 Å². The van der Waals surface area contributed by atoms with E-state index < -0.39 is 23.7 Å². The molecule has 2 bridgehead atoms. The van der Waals surface area contributed by atoms with Crippen molar-refractivity contribution in [2.24, 2.45) is 11.8 Å². The maximum absolute atomic E-state index is 14.2. The molecule has 2 aliphatic carbocycles. The highest BCUT2D eigenvalue weighted by molar-refractivity contribution is 6.62. The molecule has 60 heavy (non-hydrogen) atoms. The van der Waals surface area contributed by atoms with Gasteiger partial charge in [-0.05, 0) is 122 Å². The van der Waals surface area contributed by atoms with Crippen LogP contribution in [0.5, 0.6) is 0 Å². The second kappa shape index (κ2) is 23.5. The van der Waals surface area contributed by atoms with Crippen LogP contribution in [0.25, 0.3) is 0 Å². The van der Waals surface area contributed by atoms with E-state index in [1.54, 1.807) is 0 Å². The second-order valence-corrected chi connectivity index (χ2v) is 22.0. The zero-order valence-electron chi connectivity index (χ0n) is 40.0. The lowest BCUT2D eigenvalue weighted by Crippen LogP contribution is -2.57. The minimum absolute atomic E-state index is 0.245. The van der Waals surface area contributed by atoms with Crippen LogP contribution in [0, 0.1) is 11.8 Å². The van der Waals surface area contributed by atoms with Gasteiger partial charge in [-0.2, -0.15) is 0 Å². The van der Waals surface area contributed by atoms with Crippen LogP contribution in [0.2, 0.25) is 0 Å². The average molecular weight is 831 g/mol. The number of carbonyl (C=O) groups excluding carboxylic acids is 1. The standard InChI is InChI=1S/C53H91BN2O4/c1-51(2)48-34-33-45(54-59-52(3,4)53(5,6)60-54)39-49(48)56(50(51)57)47-40-46(41-47)55-35-27-29-37-58-36-28-25-23-21-19-17-15-13-11-9-7-8-10-12-14-16-18-20-22-24-26-30-43-31-32-44(38-43)42-55/h33-34,39,43-44,46-47H,7-32,35-38,40-42H2,1-6H3. The monoisotopic (exact) mass is 831 g/mol. The number of fused-ring (bicyclic) bond motifs is 3. The maximum atomic E-state index is 14.2. The summed E-state index contributed by atoms with van der Waals surface area (Å²) in [6.07, 6.45) is 40.1. The lowest BCUT2D eigenvalue weighted by molar-refractivity contribution is -0.123. The van der Waals surface area contributed by atoms with Gasteiger partial charge >= 0.3 is 7.12 Å². The van der Waals surface area contributed by atoms with Crippen LogP contribution in [0.15, 0.2) is 18.2 Å². The minimum Gasteiger partial charge on any atom is -0.399 e. The van der Waals surface area contributed by atoms with Gasteiger partial charge in [-0.15, -0.1) is 0 Å². The van der Waals surface area contributed by atoms with E-state index in [-0.39, 0.29) is 11.9 Å². The van der Waals surface area contributed by atoms with Crippen LogP contribution < -0.4 is 10.4 Å². The summed E-state index contributed by atoms with van der Waals surface area (Å²) in [6.45, 7) is 16.9. The van der Waals surface area contributed by atoms with E-state index in [1.807, 2.05) is 0 Å². The number of hydrogen-bond donors (Lipinski definition) is 0. The smallest absolute Gasteiger partial charge is 0.399 e. The van der Waals surface area contributed by atoms with Gasteiger partial charge in [0.05, 0.1) is 16.6 Å². The SMILES string of the molecule is CC1(C)C(=O)N(C2CC(N3CCCCOCCCCCCCCCCCCCCCCCCCCCCCC4CCC(C4)C3)C2)c2cc(B3OC(C)(C)C(C)(C)O3)ccc21. The van der Waals surface area contributed by atoms with Gasteiger partial charge in [0.15, 0.2) is 0 Å². The molecule has 0 radical (unpaired) electrons. The summed E-state index contributed by atoms with van der Waals surface area (Å²) in [7, 11) is -0.429. The molecule has 3 heterocycles. The summed E-state index contributed by atoms with van der Waals surface area (Å²) in [4.78, 5) is 19.3. The molecule has 2 saturated heterocycles. The Kier molecular flexibility index (Phi) is 18.8. The third-order valence-electron chi connectivity index (χ3n) is 16.2. The number of ether oxygens (including phenoxy) is 1. The minimum atomic E-state index is -0.530. The molecule has 2 unspecified atom stereocenters. The lowest BCUT2D eigenvalue weighted by Gasteiger charge is -2.47. The van der Waals surface area contributed by atoms with E-state index in [9.17, 15) is 4.79 Å². The van der Waals surface area contributed by atoms with Gasteiger partial charge in [0.2, 0.25) is 5.91 Å². The normalized spacial score (nSPS) is 30.7. The summed E-state index contributed by atoms with van der Waals surface area (Å²) in [5, 5.41) is 0. The van der Waals surface area contributed by atoms with E-state index >= 15 is 0 Å². The topological polar surface area (TPSA) is 51.2 Å². The Morgan fingerprint density at radius 3 is 1.58 bits per heavy atom. The maximum Gasteiger partial charge on any atom is 0.494 e.